The van der Waals surface area contributed by atoms with E-state index in [1.54, 1.807) is 24.3 Å². The van der Waals surface area contributed by atoms with Gasteiger partial charge in [0.05, 0.1) is 41.2 Å². The number of alkyl halides is 3. The van der Waals surface area contributed by atoms with E-state index in [9.17, 15) is 27.6 Å². The van der Waals surface area contributed by atoms with Crippen molar-refractivity contribution < 1.29 is 36.7 Å². The number of para-hydroxylation sites is 1. The Morgan fingerprint density at radius 1 is 0.962 bits per heavy atom. The lowest BCUT2D eigenvalue weighted by Gasteiger charge is -2.36. The van der Waals surface area contributed by atoms with Crippen molar-refractivity contribution in [3.63, 3.8) is 0 Å². The van der Waals surface area contributed by atoms with Gasteiger partial charge < -0.3 is 25.6 Å². The van der Waals surface area contributed by atoms with Crippen LogP contribution in [0, 0.1) is 5.82 Å². The van der Waals surface area contributed by atoms with Gasteiger partial charge in [-0.2, -0.15) is 13.2 Å². The Balaban J connectivity index is 1.11. The van der Waals surface area contributed by atoms with Gasteiger partial charge in [-0.1, -0.05) is 24.3 Å². The summed E-state index contributed by atoms with van der Waals surface area (Å²) < 4.78 is 62.6. The number of methoxy groups -OCH3 is 1. The van der Waals surface area contributed by atoms with Gasteiger partial charge in [0, 0.05) is 75.8 Å². The minimum Gasteiger partial charge on any atom is -0.494 e. The van der Waals surface area contributed by atoms with Crippen LogP contribution in [-0.4, -0.2) is 67.9 Å². The number of halogens is 4. The molecular weight excluding hydrogens is 682 g/mol. The van der Waals surface area contributed by atoms with E-state index < -0.39 is 35.3 Å². The molecule has 1 atom stereocenters. The Morgan fingerprint density at radius 2 is 1.73 bits per heavy atom. The summed E-state index contributed by atoms with van der Waals surface area (Å²) in [6.45, 7) is 3.29. The molecule has 3 amide bonds. The number of ether oxygens (including phenoxy) is 1. The van der Waals surface area contributed by atoms with Gasteiger partial charge in [-0.15, -0.1) is 0 Å². The topological polar surface area (TPSA) is 128 Å². The van der Waals surface area contributed by atoms with E-state index in [2.05, 4.69) is 36.1 Å². The molecule has 2 saturated heterocycles. The minimum absolute atomic E-state index is 0.120. The zero-order chi connectivity index (χ0) is 37.0. The Hall–Kier alpha value is -5.70. The largest absolute Gasteiger partial charge is 0.494 e. The highest BCUT2D eigenvalue weighted by Crippen LogP contribution is 2.39. The summed E-state index contributed by atoms with van der Waals surface area (Å²) >= 11 is 0. The van der Waals surface area contributed by atoms with Crippen molar-refractivity contribution in [3.05, 3.63) is 101 Å². The average molecular weight is 720 g/mol. The summed E-state index contributed by atoms with van der Waals surface area (Å²) in [7, 11) is 2.93. The number of benzene rings is 3. The Morgan fingerprint density at radius 3 is 2.42 bits per heavy atom. The van der Waals surface area contributed by atoms with Crippen molar-refractivity contribution in [1.82, 2.24) is 20.5 Å². The number of hydrogen-bond donors (Lipinski definition) is 4. The van der Waals surface area contributed by atoms with Gasteiger partial charge in [0.1, 0.15) is 17.4 Å². The molecule has 0 spiro atoms. The molecule has 1 unspecified atom stereocenters. The maximum absolute atomic E-state index is 15.0. The van der Waals surface area contributed by atoms with Crippen LogP contribution in [0.1, 0.15) is 45.8 Å². The first-order valence-corrected chi connectivity index (χ1v) is 16.6. The molecule has 3 heterocycles. The fraction of sp³-hybridized carbons (Fsp3) is 0.297. The highest BCUT2D eigenvalue weighted by molar-refractivity contribution is 6.01. The van der Waals surface area contributed by atoms with Crippen molar-refractivity contribution >= 4 is 46.3 Å². The number of piperazine rings is 1. The van der Waals surface area contributed by atoms with Crippen LogP contribution in [-0.2, 0) is 22.3 Å². The molecule has 0 radical (unpaired) electrons. The van der Waals surface area contributed by atoms with Crippen LogP contribution in [0.25, 0.3) is 0 Å². The van der Waals surface area contributed by atoms with Crippen molar-refractivity contribution in [3.8, 4) is 5.75 Å². The average Bonchev–Trinajstić information content (AvgIpc) is 3.12. The van der Waals surface area contributed by atoms with Crippen LogP contribution in [0.3, 0.4) is 0 Å². The number of carbonyl (C=O) groups is 3. The Bertz CT molecular complexity index is 1980. The number of hydrogen-bond acceptors (Lipinski definition) is 9. The van der Waals surface area contributed by atoms with Crippen LogP contribution in [0.15, 0.2) is 72.9 Å². The molecule has 52 heavy (non-hydrogen) atoms. The fourth-order valence-corrected chi connectivity index (χ4v) is 6.41. The number of aromatic nitrogens is 1. The lowest BCUT2D eigenvalue weighted by Crippen LogP contribution is -2.46. The third kappa shape index (κ3) is 8.09. The number of anilines is 5. The molecule has 1 aromatic heterocycles. The standard InChI is InChI=1S/C37H37F4N7O4/c1-42-35(50)26-5-3-4-6-29(26)44-31-19-33(43-20-27(31)37(39,40)41)45-30-11-8-23(18-32(30)52-2)48-15-13-47(14-16-48)21-22-7-9-24(28(38)17-22)25-10-12-34(49)46-36(25)51/h3-9,11,17-20,25H,10,12-16,21H2,1-2H3,(H,42,50)(H2,43,44,45)(H,46,49,51). The number of rotatable bonds is 10. The molecule has 3 aromatic carbocycles. The molecule has 2 aliphatic rings. The van der Waals surface area contributed by atoms with Crippen LogP contribution in [0.2, 0.25) is 0 Å². The van der Waals surface area contributed by atoms with Gasteiger partial charge >= 0.3 is 6.18 Å². The lowest BCUT2D eigenvalue weighted by molar-refractivity contribution is -0.137. The zero-order valence-corrected chi connectivity index (χ0v) is 28.4. The Kier molecular flexibility index (Phi) is 10.6. The zero-order valence-electron chi connectivity index (χ0n) is 28.4. The highest BCUT2D eigenvalue weighted by Gasteiger charge is 2.35. The molecule has 0 aliphatic carbocycles. The first kappa shape index (κ1) is 36.1. The maximum Gasteiger partial charge on any atom is 0.419 e. The molecule has 0 bridgehead atoms. The number of nitrogens with one attached hydrogen (secondary N) is 4. The summed E-state index contributed by atoms with van der Waals surface area (Å²) in [5.74, 6) is -1.84. The van der Waals surface area contributed by atoms with E-state index in [1.165, 1.54) is 38.4 Å². The van der Waals surface area contributed by atoms with E-state index in [4.69, 9.17) is 4.74 Å². The Labute approximate surface area is 297 Å². The van der Waals surface area contributed by atoms with Gasteiger partial charge in [-0.25, -0.2) is 9.37 Å². The molecule has 4 N–H and O–H groups in total. The van der Waals surface area contributed by atoms with E-state index in [1.807, 2.05) is 18.2 Å². The molecule has 4 aromatic rings. The van der Waals surface area contributed by atoms with Crippen LogP contribution < -0.4 is 30.9 Å². The number of carbonyl (C=O) groups excluding carboxylic acids is 3. The number of amides is 3. The van der Waals surface area contributed by atoms with Gasteiger partial charge in [0.2, 0.25) is 11.8 Å². The van der Waals surface area contributed by atoms with Crippen molar-refractivity contribution in [2.75, 3.05) is 55.9 Å². The normalized spacial score (nSPS) is 16.7. The van der Waals surface area contributed by atoms with Crippen molar-refractivity contribution in [2.45, 2.75) is 31.5 Å². The number of piperidine rings is 1. The third-order valence-electron chi connectivity index (χ3n) is 9.15. The van der Waals surface area contributed by atoms with Gasteiger partial charge in [0.25, 0.3) is 5.91 Å². The number of nitrogens with zero attached hydrogens (tertiary/aromatic N) is 3. The second kappa shape index (κ2) is 15.3. The molecule has 272 valence electrons. The van der Waals surface area contributed by atoms with Crippen LogP contribution in [0.4, 0.5) is 46.1 Å². The van der Waals surface area contributed by atoms with Gasteiger partial charge in [-0.05, 0) is 42.3 Å². The number of pyridine rings is 1. The quantitative estimate of drug-likeness (QED) is 0.116. The van der Waals surface area contributed by atoms with E-state index in [0.717, 1.165) is 17.4 Å². The molecule has 2 fully saturated rings. The first-order valence-electron chi connectivity index (χ1n) is 16.6. The maximum atomic E-state index is 15.0. The molecule has 15 heteroatoms. The highest BCUT2D eigenvalue weighted by atomic mass is 19.4. The third-order valence-corrected chi connectivity index (χ3v) is 9.15. The first-order chi connectivity index (χ1) is 24.9. The summed E-state index contributed by atoms with van der Waals surface area (Å²) in [5.41, 5.74) is 1.53. The summed E-state index contributed by atoms with van der Waals surface area (Å²) in [5, 5.41) is 10.6. The van der Waals surface area contributed by atoms with Crippen LogP contribution in [0.5, 0.6) is 5.75 Å². The molecule has 0 saturated carbocycles. The van der Waals surface area contributed by atoms with Gasteiger partial charge in [0.15, 0.2) is 0 Å². The van der Waals surface area contributed by atoms with E-state index >= 15 is 4.39 Å². The lowest BCUT2D eigenvalue weighted by atomic mass is 9.89. The molecule has 6 rings (SSSR count). The van der Waals surface area contributed by atoms with Crippen molar-refractivity contribution in [2.24, 2.45) is 0 Å². The SMILES string of the molecule is CNC(=O)c1ccccc1Nc1cc(Nc2ccc(N3CCN(Cc4ccc(C5CCC(=O)NC5=O)c(F)c4)CC3)cc2OC)ncc1C(F)(F)F. The van der Waals surface area contributed by atoms with E-state index in [-0.39, 0.29) is 41.5 Å². The molecular formula is C37H37F4N7O4. The molecule has 2 aliphatic heterocycles. The van der Waals surface area contributed by atoms with Crippen LogP contribution >= 0.6 is 0 Å². The summed E-state index contributed by atoms with van der Waals surface area (Å²) in [6.07, 6.45) is -3.52. The fourth-order valence-electron chi connectivity index (χ4n) is 6.41. The number of imide groups is 1. The second-order valence-electron chi connectivity index (χ2n) is 12.5. The monoisotopic (exact) mass is 719 g/mol. The second-order valence-corrected chi connectivity index (χ2v) is 12.5. The predicted molar refractivity (Wildman–Crippen MR) is 188 cm³/mol. The molecule has 11 nitrogen and oxygen atoms in total. The summed E-state index contributed by atoms with van der Waals surface area (Å²) in [6, 6.07) is 17.9. The van der Waals surface area contributed by atoms with Gasteiger partial charge in [-0.3, -0.25) is 24.6 Å². The van der Waals surface area contributed by atoms with E-state index in [0.29, 0.717) is 49.7 Å². The minimum atomic E-state index is -4.71. The van der Waals surface area contributed by atoms with Crippen molar-refractivity contribution in [1.29, 1.82) is 0 Å². The smallest absolute Gasteiger partial charge is 0.419 e. The predicted octanol–water partition coefficient (Wildman–Crippen LogP) is 5.94. The summed E-state index contributed by atoms with van der Waals surface area (Å²) in [4.78, 5) is 44.4.